The highest BCUT2D eigenvalue weighted by Gasteiger charge is 2.11. The summed E-state index contributed by atoms with van der Waals surface area (Å²) in [5.74, 6) is 1.58. The van der Waals surface area contributed by atoms with Crippen molar-refractivity contribution >= 4 is 11.8 Å². The molecule has 5 heteroatoms. The molecular formula is C18H20N2O3. The van der Waals surface area contributed by atoms with Gasteiger partial charge in [0.05, 0.1) is 12.8 Å². The van der Waals surface area contributed by atoms with Crippen molar-refractivity contribution < 1.29 is 14.3 Å². The van der Waals surface area contributed by atoms with Gasteiger partial charge in [-0.05, 0) is 42.2 Å². The monoisotopic (exact) mass is 312 g/mol. The zero-order valence-electron chi connectivity index (χ0n) is 13.2. The van der Waals surface area contributed by atoms with E-state index in [0.717, 1.165) is 35.8 Å². The Labute approximate surface area is 135 Å². The number of fused-ring (bicyclic) bond motifs is 1. The van der Waals surface area contributed by atoms with Crippen molar-refractivity contribution in [3.63, 3.8) is 0 Å². The van der Waals surface area contributed by atoms with Crippen LogP contribution in [0.5, 0.6) is 5.75 Å². The highest BCUT2D eigenvalue weighted by atomic mass is 16.5. The van der Waals surface area contributed by atoms with Crippen LogP contribution in [0.25, 0.3) is 0 Å². The lowest BCUT2D eigenvalue weighted by atomic mass is 10.1. The molecule has 2 aromatic rings. The van der Waals surface area contributed by atoms with E-state index in [9.17, 15) is 4.79 Å². The minimum Gasteiger partial charge on any atom is -0.487 e. The Morgan fingerprint density at radius 3 is 2.83 bits per heavy atom. The molecule has 0 spiro atoms. The van der Waals surface area contributed by atoms with Gasteiger partial charge in [-0.1, -0.05) is 18.2 Å². The molecular weight excluding hydrogens is 292 g/mol. The third kappa shape index (κ3) is 4.00. The molecule has 1 N–H and O–H groups in total. The van der Waals surface area contributed by atoms with E-state index in [1.54, 1.807) is 0 Å². The van der Waals surface area contributed by atoms with Gasteiger partial charge < -0.3 is 14.8 Å². The summed E-state index contributed by atoms with van der Waals surface area (Å²) in [5.41, 5.74) is 3.26. The van der Waals surface area contributed by atoms with Crippen molar-refractivity contribution in [3.8, 4) is 5.75 Å². The van der Waals surface area contributed by atoms with Gasteiger partial charge in [0.15, 0.2) is 0 Å². The summed E-state index contributed by atoms with van der Waals surface area (Å²) in [5, 5.41) is 3.27. The van der Waals surface area contributed by atoms with Gasteiger partial charge in [0.2, 0.25) is 0 Å². The quantitative estimate of drug-likeness (QED) is 0.831. The molecule has 5 nitrogen and oxygen atoms in total. The normalized spacial score (nSPS) is 12.4. The number of ether oxygens (including phenoxy) is 2. The molecule has 1 aliphatic heterocycles. The second-order valence-corrected chi connectivity index (χ2v) is 5.50. The summed E-state index contributed by atoms with van der Waals surface area (Å²) in [7, 11) is 1.40. The summed E-state index contributed by atoms with van der Waals surface area (Å²) < 4.78 is 10.4. The van der Waals surface area contributed by atoms with Gasteiger partial charge in [-0.25, -0.2) is 4.98 Å². The number of nitrogens with one attached hydrogen (secondary N) is 1. The second-order valence-electron chi connectivity index (χ2n) is 5.50. The van der Waals surface area contributed by atoms with Crippen LogP contribution in [-0.4, -0.2) is 24.6 Å². The fourth-order valence-electron chi connectivity index (χ4n) is 2.54. The molecule has 0 bridgehead atoms. The second kappa shape index (κ2) is 7.13. The predicted molar refractivity (Wildman–Crippen MR) is 87.5 cm³/mol. The van der Waals surface area contributed by atoms with E-state index < -0.39 is 0 Å². The lowest BCUT2D eigenvalue weighted by molar-refractivity contribution is -0.140. The predicted octanol–water partition coefficient (Wildman–Crippen LogP) is 2.73. The summed E-state index contributed by atoms with van der Waals surface area (Å²) in [6.07, 6.45) is 2.10. The Morgan fingerprint density at radius 2 is 2.04 bits per heavy atom. The maximum atomic E-state index is 11.1. The Balaban J connectivity index is 1.53. The molecule has 0 aliphatic carbocycles. The fraction of sp³-hybridized carbons (Fsp3) is 0.333. The number of rotatable bonds is 6. The highest BCUT2D eigenvalue weighted by molar-refractivity contribution is 5.69. The smallest absolute Gasteiger partial charge is 0.305 e. The molecule has 0 radical (unpaired) electrons. The van der Waals surface area contributed by atoms with E-state index in [-0.39, 0.29) is 5.97 Å². The molecule has 0 fully saturated rings. The average molecular weight is 312 g/mol. The van der Waals surface area contributed by atoms with Crippen molar-refractivity contribution in [2.24, 2.45) is 0 Å². The minimum absolute atomic E-state index is 0.193. The van der Waals surface area contributed by atoms with Crippen LogP contribution in [0.3, 0.4) is 0 Å². The van der Waals surface area contributed by atoms with E-state index in [1.807, 2.05) is 30.3 Å². The van der Waals surface area contributed by atoms with Crippen molar-refractivity contribution in [1.82, 2.24) is 4.98 Å². The van der Waals surface area contributed by atoms with Gasteiger partial charge in [0.25, 0.3) is 0 Å². The van der Waals surface area contributed by atoms with Crippen molar-refractivity contribution in [2.45, 2.75) is 25.9 Å². The third-order valence-electron chi connectivity index (χ3n) is 3.88. The lowest BCUT2D eigenvalue weighted by Crippen LogP contribution is -2.02. The van der Waals surface area contributed by atoms with Crippen LogP contribution in [0, 0.1) is 0 Å². The Bertz CT molecular complexity index is 683. The van der Waals surface area contributed by atoms with Gasteiger partial charge in [0.1, 0.15) is 18.2 Å². The summed E-state index contributed by atoms with van der Waals surface area (Å²) >= 11 is 0. The van der Waals surface area contributed by atoms with Crippen molar-refractivity contribution in [1.29, 1.82) is 0 Å². The summed E-state index contributed by atoms with van der Waals surface area (Å²) in [6, 6.07) is 11.9. The van der Waals surface area contributed by atoms with Gasteiger partial charge in [-0.15, -0.1) is 0 Å². The van der Waals surface area contributed by atoms with Crippen LogP contribution in [0.2, 0.25) is 0 Å². The van der Waals surface area contributed by atoms with Crippen molar-refractivity contribution in [3.05, 3.63) is 53.2 Å². The molecule has 1 aromatic heterocycles. The van der Waals surface area contributed by atoms with Crippen LogP contribution in [0.15, 0.2) is 36.4 Å². The number of methoxy groups -OCH3 is 1. The molecule has 1 aromatic carbocycles. The van der Waals surface area contributed by atoms with Crippen LogP contribution < -0.4 is 10.1 Å². The van der Waals surface area contributed by atoms with Crippen LogP contribution in [-0.2, 0) is 29.0 Å². The fourth-order valence-corrected chi connectivity index (χ4v) is 2.54. The number of nitrogens with zero attached hydrogens (tertiary/aromatic N) is 1. The summed E-state index contributed by atoms with van der Waals surface area (Å²) in [6.45, 7) is 1.40. The molecule has 0 saturated heterocycles. The summed E-state index contributed by atoms with van der Waals surface area (Å²) in [4.78, 5) is 15.7. The van der Waals surface area contributed by atoms with Crippen LogP contribution in [0.4, 0.5) is 5.82 Å². The number of anilines is 1. The number of aromatic nitrogens is 1. The number of hydrogen-bond donors (Lipinski definition) is 1. The van der Waals surface area contributed by atoms with E-state index in [2.05, 4.69) is 21.1 Å². The first-order valence-electron chi connectivity index (χ1n) is 7.76. The first kappa shape index (κ1) is 15.3. The number of pyridine rings is 1. The molecule has 120 valence electrons. The molecule has 23 heavy (non-hydrogen) atoms. The lowest BCUT2D eigenvalue weighted by Gasteiger charge is -2.08. The van der Waals surface area contributed by atoms with Gasteiger partial charge in [-0.3, -0.25) is 4.79 Å². The Morgan fingerprint density at radius 1 is 1.22 bits per heavy atom. The Hall–Kier alpha value is -2.56. The van der Waals surface area contributed by atoms with Crippen LogP contribution >= 0.6 is 0 Å². The molecule has 0 atom stereocenters. The van der Waals surface area contributed by atoms with E-state index >= 15 is 0 Å². The average Bonchev–Trinajstić information content (AvgIpc) is 3.06. The number of benzene rings is 1. The minimum atomic E-state index is -0.193. The zero-order valence-corrected chi connectivity index (χ0v) is 13.2. The van der Waals surface area contributed by atoms with Gasteiger partial charge >= 0.3 is 5.97 Å². The van der Waals surface area contributed by atoms with Gasteiger partial charge in [0, 0.05) is 13.0 Å². The van der Waals surface area contributed by atoms with Crippen LogP contribution in [0.1, 0.15) is 23.2 Å². The standard InChI is InChI=1S/C18H20N2O3/c1-22-17(21)9-4-13-2-7-16(8-3-13)23-12-15-6-5-14-10-11-19-18(14)20-15/h2-3,5-8H,4,9-12H2,1H3,(H,19,20). The van der Waals surface area contributed by atoms with Crippen molar-refractivity contribution in [2.75, 3.05) is 19.0 Å². The Kier molecular flexibility index (Phi) is 4.76. The first-order valence-corrected chi connectivity index (χ1v) is 7.76. The molecule has 2 heterocycles. The third-order valence-corrected chi connectivity index (χ3v) is 3.88. The van der Waals surface area contributed by atoms with Gasteiger partial charge in [-0.2, -0.15) is 0 Å². The van der Waals surface area contributed by atoms with E-state index in [1.165, 1.54) is 12.7 Å². The number of esters is 1. The highest BCUT2D eigenvalue weighted by Crippen LogP contribution is 2.20. The largest absolute Gasteiger partial charge is 0.487 e. The molecule has 3 rings (SSSR count). The molecule has 0 saturated carbocycles. The maximum absolute atomic E-state index is 11.1. The number of aryl methyl sites for hydroxylation is 1. The van der Waals surface area contributed by atoms with E-state index in [0.29, 0.717) is 19.4 Å². The molecule has 1 aliphatic rings. The number of hydrogen-bond acceptors (Lipinski definition) is 5. The SMILES string of the molecule is COC(=O)CCc1ccc(OCc2ccc3c(n2)NCC3)cc1. The van der Waals surface area contributed by atoms with E-state index in [4.69, 9.17) is 4.74 Å². The topological polar surface area (TPSA) is 60.5 Å². The first-order chi connectivity index (χ1) is 11.2. The molecule has 0 amide bonds. The maximum Gasteiger partial charge on any atom is 0.305 e. The molecule has 0 unspecified atom stereocenters. The number of carbonyl (C=O) groups excluding carboxylic acids is 1. The number of carbonyl (C=O) groups is 1. The zero-order chi connectivity index (χ0) is 16.1.